The molecule has 5 nitrogen and oxygen atoms in total. The zero-order valence-corrected chi connectivity index (χ0v) is 18.4. The Bertz CT molecular complexity index is 866. The second kappa shape index (κ2) is 9.94. The van der Waals surface area contributed by atoms with Crippen molar-refractivity contribution in [2.24, 2.45) is 0 Å². The van der Waals surface area contributed by atoms with E-state index in [1.165, 1.54) is 5.56 Å². The Labute approximate surface area is 185 Å². The quantitative estimate of drug-likeness (QED) is 0.726. The summed E-state index contributed by atoms with van der Waals surface area (Å²) in [6.45, 7) is 5.81. The fourth-order valence-electron chi connectivity index (χ4n) is 5.19. The molecule has 0 unspecified atom stereocenters. The van der Waals surface area contributed by atoms with Gasteiger partial charge in [-0.3, -0.25) is 9.69 Å². The van der Waals surface area contributed by atoms with Crippen molar-refractivity contribution in [3.8, 4) is 0 Å². The van der Waals surface area contributed by atoms with Crippen LogP contribution in [-0.2, 0) is 10.2 Å². The van der Waals surface area contributed by atoms with Crippen LogP contribution >= 0.6 is 0 Å². The van der Waals surface area contributed by atoms with Gasteiger partial charge in [-0.05, 0) is 50.3 Å². The van der Waals surface area contributed by atoms with E-state index in [0.717, 1.165) is 57.6 Å². The van der Waals surface area contributed by atoms with E-state index >= 15 is 0 Å². The van der Waals surface area contributed by atoms with Crippen LogP contribution in [0.1, 0.15) is 47.2 Å². The molecule has 0 aromatic heterocycles. The summed E-state index contributed by atoms with van der Waals surface area (Å²) in [5.74, 6) is -0.0338. The monoisotopic (exact) mass is 422 g/mol. The number of ether oxygens (including phenoxy) is 1. The van der Waals surface area contributed by atoms with E-state index in [1.54, 1.807) is 0 Å². The number of aryl methyl sites for hydroxylation is 1. The molecule has 5 heteroatoms. The van der Waals surface area contributed by atoms with Gasteiger partial charge < -0.3 is 15.2 Å². The summed E-state index contributed by atoms with van der Waals surface area (Å²) in [5, 5.41) is 14.2. The molecule has 2 N–H and O–H groups in total. The predicted octanol–water partition coefficient (Wildman–Crippen LogP) is 3.30. The van der Waals surface area contributed by atoms with Gasteiger partial charge in [-0.15, -0.1) is 0 Å². The van der Waals surface area contributed by atoms with E-state index in [9.17, 15) is 9.90 Å². The first-order valence-electron chi connectivity index (χ1n) is 11.5. The summed E-state index contributed by atoms with van der Waals surface area (Å²) in [7, 11) is 0. The number of carbonyl (C=O) groups is 1. The fourth-order valence-corrected chi connectivity index (χ4v) is 5.19. The Balaban J connectivity index is 1.53. The smallest absolute Gasteiger partial charge is 0.251 e. The highest BCUT2D eigenvalue weighted by molar-refractivity contribution is 5.94. The molecule has 2 aliphatic rings. The Morgan fingerprint density at radius 1 is 1.10 bits per heavy atom. The van der Waals surface area contributed by atoms with Crippen molar-refractivity contribution in [2.75, 3.05) is 32.8 Å². The highest BCUT2D eigenvalue weighted by atomic mass is 16.5. The second-order valence-corrected chi connectivity index (χ2v) is 9.06. The number of nitrogens with one attached hydrogen (secondary N) is 1. The molecule has 1 heterocycles. The largest absolute Gasteiger partial charge is 0.391 e. The lowest BCUT2D eigenvalue weighted by atomic mass is 9.74. The lowest BCUT2D eigenvalue weighted by Crippen LogP contribution is -2.48. The van der Waals surface area contributed by atoms with Crippen LogP contribution in [0, 0.1) is 6.92 Å². The first-order valence-corrected chi connectivity index (χ1v) is 11.5. The van der Waals surface area contributed by atoms with E-state index in [4.69, 9.17) is 4.74 Å². The van der Waals surface area contributed by atoms with E-state index in [1.807, 2.05) is 37.3 Å². The Kier molecular flexibility index (Phi) is 7.06. The van der Waals surface area contributed by atoms with Crippen molar-refractivity contribution in [1.82, 2.24) is 10.2 Å². The molecule has 4 rings (SSSR count). The minimum absolute atomic E-state index is 0.0338. The standard InChI is InChI=1S/C26H34N2O3/c1-20-6-5-7-21(18-20)25(30)27-19-26(22-8-3-2-4-9-22)12-10-23(24(29)11-13-26)28-14-16-31-17-15-28/h2-9,18,23-24,29H,10-17,19H2,1H3,(H,27,30)/t23-,24-,26-/m1/s1. The summed E-state index contributed by atoms with van der Waals surface area (Å²) < 4.78 is 5.51. The zero-order valence-electron chi connectivity index (χ0n) is 18.4. The Morgan fingerprint density at radius 2 is 1.84 bits per heavy atom. The Hall–Kier alpha value is -2.21. The molecule has 31 heavy (non-hydrogen) atoms. The van der Waals surface area contributed by atoms with Crippen molar-refractivity contribution in [2.45, 2.75) is 50.2 Å². The molecule has 0 radical (unpaired) electrons. The molecule has 1 saturated carbocycles. The van der Waals surface area contributed by atoms with Crippen LogP contribution in [0.5, 0.6) is 0 Å². The van der Waals surface area contributed by atoms with Crippen LogP contribution in [0.3, 0.4) is 0 Å². The van der Waals surface area contributed by atoms with Crippen LogP contribution < -0.4 is 5.32 Å². The van der Waals surface area contributed by atoms with Gasteiger partial charge in [0, 0.05) is 36.7 Å². The average molecular weight is 423 g/mol. The number of aliphatic hydroxyl groups excluding tert-OH is 1. The van der Waals surface area contributed by atoms with Crippen LogP contribution in [0.15, 0.2) is 54.6 Å². The van der Waals surface area contributed by atoms with Crippen molar-refractivity contribution >= 4 is 5.91 Å². The van der Waals surface area contributed by atoms with Gasteiger partial charge in [0.15, 0.2) is 0 Å². The van der Waals surface area contributed by atoms with E-state index < -0.39 is 0 Å². The lowest BCUT2D eigenvalue weighted by Gasteiger charge is -2.37. The molecule has 166 valence electrons. The SMILES string of the molecule is Cc1cccc(C(=O)NC[C@]2(c3ccccc3)CC[C@@H](O)[C@H](N3CCOCC3)CC2)c1. The van der Waals surface area contributed by atoms with Crippen LogP contribution in [-0.4, -0.2) is 60.9 Å². The van der Waals surface area contributed by atoms with Gasteiger partial charge in [0.1, 0.15) is 0 Å². The minimum Gasteiger partial charge on any atom is -0.391 e. The summed E-state index contributed by atoms with van der Waals surface area (Å²) in [6, 6.07) is 18.4. The Morgan fingerprint density at radius 3 is 2.58 bits per heavy atom. The molecular formula is C26H34N2O3. The predicted molar refractivity (Wildman–Crippen MR) is 122 cm³/mol. The number of hydrogen-bond acceptors (Lipinski definition) is 4. The van der Waals surface area contributed by atoms with E-state index in [0.29, 0.717) is 12.1 Å². The molecule has 0 bridgehead atoms. The molecule has 3 atom stereocenters. The number of amides is 1. The maximum absolute atomic E-state index is 12.9. The summed E-state index contributed by atoms with van der Waals surface area (Å²) in [6.07, 6.45) is 3.08. The van der Waals surface area contributed by atoms with E-state index in [2.05, 4.69) is 34.5 Å². The first kappa shape index (κ1) is 22.0. The van der Waals surface area contributed by atoms with Crippen LogP contribution in [0.2, 0.25) is 0 Å². The number of benzene rings is 2. The number of nitrogens with zero attached hydrogens (tertiary/aromatic N) is 1. The van der Waals surface area contributed by atoms with Gasteiger partial charge in [0.05, 0.1) is 19.3 Å². The van der Waals surface area contributed by atoms with Crippen LogP contribution in [0.25, 0.3) is 0 Å². The molecule has 1 aliphatic carbocycles. The third-order valence-electron chi connectivity index (χ3n) is 7.05. The maximum atomic E-state index is 12.9. The summed E-state index contributed by atoms with van der Waals surface area (Å²) in [5.41, 5.74) is 2.84. The minimum atomic E-state index is -0.351. The molecule has 1 saturated heterocycles. The number of morpholine rings is 1. The number of carbonyl (C=O) groups excluding carboxylic acids is 1. The molecule has 1 aliphatic heterocycles. The van der Waals surface area contributed by atoms with Gasteiger partial charge in [-0.1, -0.05) is 48.0 Å². The topological polar surface area (TPSA) is 61.8 Å². The first-order chi connectivity index (χ1) is 15.1. The zero-order chi connectivity index (χ0) is 21.7. The summed E-state index contributed by atoms with van der Waals surface area (Å²) in [4.78, 5) is 15.3. The maximum Gasteiger partial charge on any atom is 0.251 e. The third-order valence-corrected chi connectivity index (χ3v) is 7.05. The third kappa shape index (κ3) is 5.17. The molecular weight excluding hydrogens is 388 g/mol. The molecule has 2 aromatic carbocycles. The van der Waals surface area contributed by atoms with Crippen LogP contribution in [0.4, 0.5) is 0 Å². The highest BCUT2D eigenvalue weighted by Gasteiger charge is 2.40. The van der Waals surface area contributed by atoms with Crippen molar-refractivity contribution in [3.63, 3.8) is 0 Å². The van der Waals surface area contributed by atoms with Gasteiger partial charge in [-0.25, -0.2) is 0 Å². The highest BCUT2D eigenvalue weighted by Crippen LogP contribution is 2.39. The van der Waals surface area contributed by atoms with Gasteiger partial charge >= 0.3 is 0 Å². The number of hydrogen-bond donors (Lipinski definition) is 2. The average Bonchev–Trinajstić information content (AvgIpc) is 2.98. The van der Waals surface area contributed by atoms with E-state index in [-0.39, 0.29) is 23.5 Å². The second-order valence-electron chi connectivity index (χ2n) is 9.06. The lowest BCUT2D eigenvalue weighted by molar-refractivity contribution is -0.0236. The van der Waals surface area contributed by atoms with Crippen molar-refractivity contribution in [1.29, 1.82) is 0 Å². The molecule has 0 spiro atoms. The molecule has 2 fully saturated rings. The van der Waals surface area contributed by atoms with Gasteiger partial charge in [0.2, 0.25) is 0 Å². The van der Waals surface area contributed by atoms with Crippen molar-refractivity contribution < 1.29 is 14.6 Å². The normalized spacial score (nSPS) is 27.4. The number of aliphatic hydroxyl groups is 1. The van der Waals surface area contributed by atoms with Crippen molar-refractivity contribution in [3.05, 3.63) is 71.3 Å². The van der Waals surface area contributed by atoms with Gasteiger partial charge in [0.25, 0.3) is 5.91 Å². The fraction of sp³-hybridized carbons (Fsp3) is 0.500. The molecule has 2 aromatic rings. The molecule has 1 amide bonds. The summed E-state index contributed by atoms with van der Waals surface area (Å²) >= 11 is 0. The van der Waals surface area contributed by atoms with Gasteiger partial charge in [-0.2, -0.15) is 0 Å². The number of rotatable bonds is 5.